The number of rotatable bonds is 5. The Morgan fingerprint density at radius 2 is 2.06 bits per heavy atom. The molecular formula is C23H18ClN3O6. The van der Waals surface area contributed by atoms with Gasteiger partial charge in [-0.2, -0.15) is 4.99 Å². The Hall–Kier alpha value is -3.98. The van der Waals surface area contributed by atoms with E-state index in [-0.39, 0.29) is 35.7 Å². The molecule has 1 N–H and O–H groups in total. The summed E-state index contributed by atoms with van der Waals surface area (Å²) in [4.78, 5) is 21.9. The highest BCUT2D eigenvalue weighted by Gasteiger charge is 2.34. The van der Waals surface area contributed by atoms with Gasteiger partial charge in [0.2, 0.25) is 6.79 Å². The SMILES string of the molecule is COc1cc(/C=C2\C(=N)N3OC(C)=CC3=NC2=O)cc(Cl)c1OCc1ccc2c(c1)OCO2. The Bertz CT molecular complexity index is 1280. The number of carbonyl (C=O) groups is 1. The maximum atomic E-state index is 12.5. The minimum Gasteiger partial charge on any atom is -0.493 e. The number of ether oxygens (including phenoxy) is 4. The van der Waals surface area contributed by atoms with Crippen molar-refractivity contribution in [2.45, 2.75) is 13.5 Å². The van der Waals surface area contributed by atoms with Gasteiger partial charge < -0.3 is 23.8 Å². The Balaban J connectivity index is 1.39. The molecule has 3 aliphatic heterocycles. The molecule has 0 saturated carbocycles. The molecule has 0 bridgehead atoms. The summed E-state index contributed by atoms with van der Waals surface area (Å²) in [7, 11) is 1.49. The normalized spacial score (nSPS) is 17.5. The molecule has 0 spiro atoms. The van der Waals surface area contributed by atoms with Crippen molar-refractivity contribution in [1.82, 2.24) is 5.06 Å². The zero-order chi connectivity index (χ0) is 23.1. The molecule has 0 radical (unpaired) electrons. The van der Waals surface area contributed by atoms with Crippen molar-refractivity contribution in [3.8, 4) is 23.0 Å². The number of amides is 1. The third kappa shape index (κ3) is 3.87. The fourth-order valence-corrected chi connectivity index (χ4v) is 3.79. The topological polar surface area (TPSA) is 103 Å². The largest absolute Gasteiger partial charge is 0.493 e. The lowest BCUT2D eigenvalue weighted by Crippen LogP contribution is -2.38. The quantitative estimate of drug-likeness (QED) is 0.660. The maximum Gasteiger partial charge on any atom is 0.282 e. The van der Waals surface area contributed by atoms with Crippen molar-refractivity contribution in [2.24, 2.45) is 4.99 Å². The lowest BCUT2D eigenvalue weighted by Gasteiger charge is -2.23. The average Bonchev–Trinajstić information content (AvgIpc) is 3.41. The van der Waals surface area contributed by atoms with Crippen molar-refractivity contribution < 1.29 is 28.6 Å². The van der Waals surface area contributed by atoms with Crippen LogP contribution in [0.1, 0.15) is 18.1 Å². The van der Waals surface area contributed by atoms with Crippen LogP contribution in [0.25, 0.3) is 6.08 Å². The fourth-order valence-electron chi connectivity index (χ4n) is 3.52. The van der Waals surface area contributed by atoms with Crippen LogP contribution in [0.3, 0.4) is 0 Å². The first-order valence-corrected chi connectivity index (χ1v) is 10.3. The molecule has 0 saturated heterocycles. The molecule has 3 heterocycles. The summed E-state index contributed by atoms with van der Waals surface area (Å²) in [6.07, 6.45) is 3.10. The van der Waals surface area contributed by atoms with Crippen molar-refractivity contribution in [1.29, 1.82) is 5.41 Å². The number of benzene rings is 2. The van der Waals surface area contributed by atoms with Gasteiger partial charge in [0.1, 0.15) is 12.4 Å². The molecule has 0 fully saturated rings. The second-order valence-electron chi connectivity index (χ2n) is 7.33. The monoisotopic (exact) mass is 467 g/mol. The van der Waals surface area contributed by atoms with E-state index >= 15 is 0 Å². The molecule has 0 aliphatic carbocycles. The van der Waals surface area contributed by atoms with Crippen LogP contribution in [0, 0.1) is 5.41 Å². The highest BCUT2D eigenvalue weighted by molar-refractivity contribution is 6.33. The molecule has 33 heavy (non-hydrogen) atoms. The molecule has 2 aromatic rings. The molecule has 1 amide bonds. The number of hydrogen-bond donors (Lipinski definition) is 1. The van der Waals surface area contributed by atoms with Gasteiger partial charge in [-0.3, -0.25) is 10.2 Å². The summed E-state index contributed by atoms with van der Waals surface area (Å²) in [6.45, 7) is 2.14. The predicted molar refractivity (Wildman–Crippen MR) is 120 cm³/mol. The van der Waals surface area contributed by atoms with E-state index in [2.05, 4.69) is 4.99 Å². The average molecular weight is 468 g/mol. The molecule has 0 aromatic heterocycles. The number of halogens is 1. The Labute approximate surface area is 193 Å². The van der Waals surface area contributed by atoms with Gasteiger partial charge in [0.15, 0.2) is 34.7 Å². The van der Waals surface area contributed by atoms with E-state index < -0.39 is 5.91 Å². The van der Waals surface area contributed by atoms with Crippen molar-refractivity contribution in [3.05, 3.63) is 63.9 Å². The first-order chi connectivity index (χ1) is 15.9. The molecule has 0 unspecified atom stereocenters. The van der Waals surface area contributed by atoms with Crippen LogP contribution < -0.4 is 18.9 Å². The van der Waals surface area contributed by atoms with E-state index in [1.807, 2.05) is 18.2 Å². The number of hydrogen-bond acceptors (Lipinski definition) is 7. The molecule has 10 heteroatoms. The number of amidine groups is 2. The molecule has 2 aromatic carbocycles. The number of hydroxylamine groups is 2. The number of aliphatic imine (C=N–C) groups is 1. The minimum atomic E-state index is -0.543. The standard InChI is InChI=1S/C23H18ClN3O6/c1-12-5-20-26-23(28)15(22(25)27(20)33-12)6-14-7-16(24)21(19(9-14)29-2)30-10-13-3-4-17-18(8-13)32-11-31-17/h3-9,25H,10-11H2,1-2H3/b15-6+,25-22?. The molecule has 168 valence electrons. The molecule has 5 rings (SSSR count). The van der Waals surface area contributed by atoms with E-state index in [0.29, 0.717) is 34.3 Å². The highest BCUT2D eigenvalue weighted by atomic mass is 35.5. The zero-order valence-electron chi connectivity index (χ0n) is 17.7. The van der Waals surface area contributed by atoms with Crippen LogP contribution in [0.4, 0.5) is 0 Å². The third-order valence-corrected chi connectivity index (χ3v) is 5.34. The predicted octanol–water partition coefficient (Wildman–Crippen LogP) is 4.11. The van der Waals surface area contributed by atoms with Crippen LogP contribution in [0.2, 0.25) is 5.02 Å². The highest BCUT2D eigenvalue weighted by Crippen LogP contribution is 2.39. The van der Waals surface area contributed by atoms with Crippen molar-refractivity contribution in [3.63, 3.8) is 0 Å². The van der Waals surface area contributed by atoms with Crippen LogP contribution in [-0.2, 0) is 16.2 Å². The van der Waals surface area contributed by atoms with Gasteiger partial charge in [0.25, 0.3) is 5.91 Å². The van der Waals surface area contributed by atoms with Gasteiger partial charge >= 0.3 is 0 Å². The van der Waals surface area contributed by atoms with E-state index in [0.717, 1.165) is 5.56 Å². The molecule has 0 atom stereocenters. The van der Waals surface area contributed by atoms with Gasteiger partial charge in [-0.05, 0) is 48.4 Å². The van der Waals surface area contributed by atoms with Gasteiger partial charge in [-0.25, -0.2) is 0 Å². The van der Waals surface area contributed by atoms with E-state index in [9.17, 15) is 4.79 Å². The molecule has 3 aliphatic rings. The lowest BCUT2D eigenvalue weighted by molar-refractivity contribution is -0.114. The van der Waals surface area contributed by atoms with E-state index in [1.54, 1.807) is 25.1 Å². The summed E-state index contributed by atoms with van der Waals surface area (Å²) in [5, 5.41) is 9.83. The number of nitrogens with one attached hydrogen (secondary N) is 1. The number of allylic oxidation sites excluding steroid dienone is 1. The minimum absolute atomic E-state index is 0.0639. The van der Waals surface area contributed by atoms with E-state index in [1.165, 1.54) is 18.2 Å². The second kappa shape index (κ2) is 8.18. The van der Waals surface area contributed by atoms with Crippen LogP contribution in [-0.4, -0.2) is 36.5 Å². The number of nitrogens with zero attached hydrogens (tertiary/aromatic N) is 2. The first-order valence-electron chi connectivity index (χ1n) is 9.92. The van der Waals surface area contributed by atoms with Crippen LogP contribution in [0.15, 0.2) is 52.7 Å². The summed E-state index contributed by atoms with van der Waals surface area (Å²) >= 11 is 6.48. The Morgan fingerprint density at radius 1 is 1.24 bits per heavy atom. The summed E-state index contributed by atoms with van der Waals surface area (Å²) < 4.78 is 22.1. The summed E-state index contributed by atoms with van der Waals surface area (Å²) in [5.74, 6) is 2.25. The zero-order valence-corrected chi connectivity index (χ0v) is 18.4. The maximum absolute atomic E-state index is 12.5. The summed E-state index contributed by atoms with van der Waals surface area (Å²) in [6, 6.07) is 8.83. The number of methoxy groups -OCH3 is 1. The van der Waals surface area contributed by atoms with E-state index in [4.69, 9.17) is 40.8 Å². The van der Waals surface area contributed by atoms with Crippen molar-refractivity contribution >= 4 is 35.3 Å². The number of fused-ring (bicyclic) bond motifs is 2. The second-order valence-corrected chi connectivity index (χ2v) is 7.74. The Morgan fingerprint density at radius 3 is 2.88 bits per heavy atom. The van der Waals surface area contributed by atoms with Gasteiger partial charge in [0, 0.05) is 6.08 Å². The lowest BCUT2D eigenvalue weighted by atomic mass is 10.1. The van der Waals surface area contributed by atoms with Gasteiger partial charge in [-0.15, -0.1) is 5.06 Å². The Kier molecular flexibility index (Phi) is 5.18. The smallest absolute Gasteiger partial charge is 0.282 e. The fraction of sp³-hybridized carbons (Fsp3) is 0.174. The van der Waals surface area contributed by atoms with Gasteiger partial charge in [-0.1, -0.05) is 17.7 Å². The molecular weight excluding hydrogens is 450 g/mol. The first kappa shape index (κ1) is 20.9. The van der Waals surface area contributed by atoms with Crippen molar-refractivity contribution in [2.75, 3.05) is 13.9 Å². The van der Waals surface area contributed by atoms with Crippen LogP contribution in [0.5, 0.6) is 23.0 Å². The van der Waals surface area contributed by atoms with Crippen LogP contribution >= 0.6 is 11.6 Å². The summed E-state index contributed by atoms with van der Waals surface area (Å²) in [5.41, 5.74) is 1.48. The van der Waals surface area contributed by atoms with Gasteiger partial charge in [0.05, 0.1) is 17.7 Å². The molecule has 9 nitrogen and oxygen atoms in total. The third-order valence-electron chi connectivity index (χ3n) is 5.06. The number of carbonyl (C=O) groups excluding carboxylic acids is 1.